The number of H-pyrrole nitrogens is 1. The van der Waals surface area contributed by atoms with E-state index in [4.69, 9.17) is 0 Å². The molecule has 3 rings (SSSR count). The average molecular weight is 187 g/mol. The molecule has 14 heavy (non-hydrogen) atoms. The third-order valence-corrected chi connectivity index (χ3v) is 2.04. The number of aromatic amines is 1. The molecule has 6 nitrogen and oxygen atoms in total. The van der Waals surface area contributed by atoms with Gasteiger partial charge in [-0.3, -0.25) is 0 Å². The third kappa shape index (κ3) is 0.792. The summed E-state index contributed by atoms with van der Waals surface area (Å²) in [5, 5.41) is 7.01. The first-order chi connectivity index (χ1) is 6.86. The Morgan fingerprint density at radius 2 is 2.29 bits per heavy atom. The van der Waals surface area contributed by atoms with Gasteiger partial charge in [-0.05, 0) is 12.1 Å². The maximum absolute atomic E-state index is 11.4. The summed E-state index contributed by atoms with van der Waals surface area (Å²) in [6.45, 7) is 0. The van der Waals surface area contributed by atoms with E-state index >= 15 is 0 Å². The monoisotopic (exact) mass is 187 g/mol. The summed E-state index contributed by atoms with van der Waals surface area (Å²) in [6.07, 6.45) is 3.06. The van der Waals surface area contributed by atoms with E-state index in [0.717, 1.165) is 5.39 Å². The second-order valence-corrected chi connectivity index (χ2v) is 2.86. The summed E-state index contributed by atoms with van der Waals surface area (Å²) >= 11 is 0. The fraction of sp³-hybridized carbons (Fsp3) is 0. The number of pyridine rings is 1. The fourth-order valence-electron chi connectivity index (χ4n) is 1.43. The van der Waals surface area contributed by atoms with Gasteiger partial charge in [0, 0.05) is 11.6 Å². The van der Waals surface area contributed by atoms with Crippen molar-refractivity contribution in [1.29, 1.82) is 0 Å². The van der Waals surface area contributed by atoms with Gasteiger partial charge >= 0.3 is 5.69 Å². The SMILES string of the molecule is O=c1[nH]nc2ccc3cncnc3n12. The molecule has 1 N–H and O–H groups in total. The zero-order chi connectivity index (χ0) is 9.54. The quantitative estimate of drug-likeness (QED) is 0.536. The molecule has 0 radical (unpaired) electrons. The summed E-state index contributed by atoms with van der Waals surface area (Å²) in [5.41, 5.74) is 0.835. The van der Waals surface area contributed by atoms with Gasteiger partial charge < -0.3 is 0 Å². The van der Waals surface area contributed by atoms with Crippen LogP contribution in [0.4, 0.5) is 0 Å². The van der Waals surface area contributed by atoms with Crippen LogP contribution in [-0.2, 0) is 0 Å². The lowest BCUT2D eigenvalue weighted by molar-refractivity contribution is 1.03. The first-order valence-corrected chi connectivity index (χ1v) is 4.02. The highest BCUT2D eigenvalue weighted by Gasteiger charge is 2.04. The Labute approximate surface area is 77.2 Å². The van der Waals surface area contributed by atoms with Crippen LogP contribution in [0.2, 0.25) is 0 Å². The molecule has 0 aliphatic rings. The molecular formula is C8H5N5O. The zero-order valence-corrected chi connectivity index (χ0v) is 7.01. The summed E-state index contributed by atoms with van der Waals surface area (Å²) in [7, 11) is 0. The van der Waals surface area contributed by atoms with Gasteiger partial charge in [0.25, 0.3) is 0 Å². The molecule has 0 atom stereocenters. The lowest BCUT2D eigenvalue weighted by Crippen LogP contribution is -2.10. The number of aromatic nitrogens is 5. The molecular weight excluding hydrogens is 182 g/mol. The van der Waals surface area contributed by atoms with Crippen LogP contribution in [0.3, 0.4) is 0 Å². The molecule has 3 aromatic heterocycles. The Morgan fingerprint density at radius 3 is 3.21 bits per heavy atom. The minimum atomic E-state index is -0.288. The minimum Gasteiger partial charge on any atom is -0.246 e. The second-order valence-electron chi connectivity index (χ2n) is 2.86. The lowest BCUT2D eigenvalue weighted by Gasteiger charge is -1.96. The molecule has 0 unspecified atom stereocenters. The van der Waals surface area contributed by atoms with Crippen molar-refractivity contribution < 1.29 is 0 Å². The highest BCUT2D eigenvalue weighted by Crippen LogP contribution is 2.09. The van der Waals surface area contributed by atoms with Gasteiger partial charge in [-0.2, -0.15) is 5.10 Å². The van der Waals surface area contributed by atoms with E-state index < -0.39 is 0 Å². The molecule has 3 heterocycles. The van der Waals surface area contributed by atoms with E-state index in [9.17, 15) is 4.79 Å². The van der Waals surface area contributed by atoms with Crippen molar-refractivity contribution >= 4 is 16.7 Å². The standard InChI is InChI=1S/C8H5N5O/c14-8-12-11-6-2-1-5-3-9-4-10-7(5)13(6)8/h1-4H,(H,12,14). The van der Waals surface area contributed by atoms with Crippen LogP contribution in [0, 0.1) is 0 Å². The van der Waals surface area contributed by atoms with E-state index in [1.165, 1.54) is 10.7 Å². The molecule has 0 saturated heterocycles. The van der Waals surface area contributed by atoms with Crippen LogP contribution in [0.15, 0.2) is 29.5 Å². The van der Waals surface area contributed by atoms with E-state index in [2.05, 4.69) is 20.2 Å². The van der Waals surface area contributed by atoms with Crippen molar-refractivity contribution in [2.45, 2.75) is 0 Å². The minimum absolute atomic E-state index is 0.288. The van der Waals surface area contributed by atoms with Crippen LogP contribution in [-0.4, -0.2) is 24.6 Å². The predicted molar refractivity (Wildman–Crippen MR) is 48.9 cm³/mol. The number of nitrogens with one attached hydrogen (secondary N) is 1. The second kappa shape index (κ2) is 2.38. The summed E-state index contributed by atoms with van der Waals surface area (Å²) in [6, 6.07) is 3.56. The smallest absolute Gasteiger partial charge is 0.246 e. The number of fused-ring (bicyclic) bond motifs is 3. The molecule has 0 fully saturated rings. The topological polar surface area (TPSA) is 75.9 Å². The van der Waals surface area contributed by atoms with Crippen molar-refractivity contribution in [2.24, 2.45) is 0 Å². The molecule has 68 valence electrons. The number of rotatable bonds is 0. The Balaban J connectivity index is 2.72. The van der Waals surface area contributed by atoms with Gasteiger partial charge in [0.05, 0.1) is 0 Å². The van der Waals surface area contributed by atoms with Gasteiger partial charge in [0.2, 0.25) is 0 Å². The fourth-order valence-corrected chi connectivity index (χ4v) is 1.43. The van der Waals surface area contributed by atoms with Gasteiger partial charge in [-0.25, -0.2) is 24.3 Å². The van der Waals surface area contributed by atoms with Gasteiger partial charge in [-0.1, -0.05) is 0 Å². The Morgan fingerprint density at radius 1 is 1.36 bits per heavy atom. The molecule has 0 spiro atoms. The van der Waals surface area contributed by atoms with Gasteiger partial charge in [0.1, 0.15) is 6.33 Å². The number of nitrogens with zero attached hydrogens (tertiary/aromatic N) is 4. The summed E-state index contributed by atoms with van der Waals surface area (Å²) in [4.78, 5) is 19.3. The predicted octanol–water partition coefficient (Wildman–Crippen LogP) is -0.0342. The van der Waals surface area contributed by atoms with Crippen LogP contribution in [0.1, 0.15) is 0 Å². The van der Waals surface area contributed by atoms with Crippen LogP contribution >= 0.6 is 0 Å². The zero-order valence-electron chi connectivity index (χ0n) is 7.01. The lowest BCUT2D eigenvalue weighted by atomic mass is 10.3. The van der Waals surface area contributed by atoms with Crippen molar-refractivity contribution in [3.05, 3.63) is 35.1 Å². The molecule has 0 bridgehead atoms. The van der Waals surface area contributed by atoms with Crippen LogP contribution in [0.25, 0.3) is 16.7 Å². The first kappa shape index (κ1) is 7.19. The van der Waals surface area contributed by atoms with Crippen molar-refractivity contribution in [3.8, 4) is 0 Å². The van der Waals surface area contributed by atoms with Crippen molar-refractivity contribution in [2.75, 3.05) is 0 Å². The summed E-state index contributed by atoms with van der Waals surface area (Å²) < 4.78 is 1.41. The first-order valence-electron chi connectivity index (χ1n) is 4.02. The molecule has 0 saturated carbocycles. The van der Waals surface area contributed by atoms with E-state index in [-0.39, 0.29) is 5.69 Å². The van der Waals surface area contributed by atoms with E-state index in [1.54, 1.807) is 12.3 Å². The molecule has 0 aromatic carbocycles. The number of hydrogen-bond acceptors (Lipinski definition) is 4. The van der Waals surface area contributed by atoms with Crippen LogP contribution < -0.4 is 5.69 Å². The Hall–Kier alpha value is -2.24. The summed E-state index contributed by atoms with van der Waals surface area (Å²) in [5.74, 6) is 0. The normalized spacial score (nSPS) is 11.1. The van der Waals surface area contributed by atoms with Gasteiger partial charge in [-0.15, -0.1) is 0 Å². The molecule has 0 aliphatic carbocycles. The maximum atomic E-state index is 11.4. The largest absolute Gasteiger partial charge is 0.349 e. The van der Waals surface area contributed by atoms with Crippen molar-refractivity contribution in [1.82, 2.24) is 24.6 Å². The highest BCUT2D eigenvalue weighted by molar-refractivity contribution is 5.76. The average Bonchev–Trinajstić information content (AvgIpc) is 2.61. The Bertz CT molecular complexity index is 668. The van der Waals surface area contributed by atoms with Crippen LogP contribution in [0.5, 0.6) is 0 Å². The van der Waals surface area contributed by atoms with E-state index in [1.807, 2.05) is 6.07 Å². The van der Waals surface area contributed by atoms with E-state index in [0.29, 0.717) is 11.3 Å². The third-order valence-electron chi connectivity index (χ3n) is 2.04. The van der Waals surface area contributed by atoms with Gasteiger partial charge in [0.15, 0.2) is 11.3 Å². The molecule has 6 heteroatoms. The molecule has 0 aliphatic heterocycles. The maximum Gasteiger partial charge on any atom is 0.349 e. The number of hydrogen-bond donors (Lipinski definition) is 1. The molecule has 3 aromatic rings. The van der Waals surface area contributed by atoms with Crippen molar-refractivity contribution in [3.63, 3.8) is 0 Å². The Kier molecular flexibility index (Phi) is 1.22. The molecule has 0 amide bonds. The highest BCUT2D eigenvalue weighted by atomic mass is 16.1.